The van der Waals surface area contributed by atoms with Crippen molar-refractivity contribution >= 4 is 5.78 Å². The van der Waals surface area contributed by atoms with Crippen LogP contribution in [0.3, 0.4) is 0 Å². The molecule has 0 fully saturated rings. The molecule has 3 rings (SSSR count). The van der Waals surface area contributed by atoms with Crippen molar-refractivity contribution in [1.29, 1.82) is 0 Å². The minimum Gasteiger partial charge on any atom is -0.469 e. The number of nitrogens with zero attached hydrogens (tertiary/aromatic N) is 2. The van der Waals surface area contributed by atoms with Gasteiger partial charge in [0.05, 0.1) is 18.2 Å². The molecule has 100 valence electrons. The van der Waals surface area contributed by atoms with E-state index in [-0.39, 0.29) is 12.2 Å². The number of hydrogen-bond donors (Lipinski definition) is 0. The molecule has 0 bridgehead atoms. The predicted molar refractivity (Wildman–Crippen MR) is 71.2 cm³/mol. The second kappa shape index (κ2) is 5.13. The van der Waals surface area contributed by atoms with Gasteiger partial charge in [-0.25, -0.2) is 0 Å². The largest absolute Gasteiger partial charge is 0.469 e. The van der Waals surface area contributed by atoms with Crippen molar-refractivity contribution in [2.24, 2.45) is 0 Å². The first-order valence-corrected chi connectivity index (χ1v) is 6.19. The van der Waals surface area contributed by atoms with E-state index in [0.717, 1.165) is 5.56 Å². The van der Waals surface area contributed by atoms with Gasteiger partial charge in [0, 0.05) is 5.56 Å². The van der Waals surface area contributed by atoms with Crippen molar-refractivity contribution < 1.29 is 13.7 Å². The average molecular weight is 268 g/mol. The number of Topliss-reactive ketones (excluding diaryl/α,β-unsaturated/α-hetero) is 1. The number of benzene rings is 1. The highest BCUT2D eigenvalue weighted by Gasteiger charge is 2.15. The molecular formula is C15H12N2O3. The van der Waals surface area contributed by atoms with Crippen molar-refractivity contribution in [2.75, 3.05) is 0 Å². The SMILES string of the molecule is Cc1occc1-c1noc(CC(=O)c2ccccc2)n1. The van der Waals surface area contributed by atoms with Crippen LogP contribution in [0.4, 0.5) is 0 Å². The molecule has 5 heteroatoms. The highest BCUT2D eigenvalue weighted by Crippen LogP contribution is 2.21. The Balaban J connectivity index is 1.78. The zero-order chi connectivity index (χ0) is 13.9. The Morgan fingerprint density at radius 2 is 2.00 bits per heavy atom. The predicted octanol–water partition coefficient (Wildman–Crippen LogP) is 3.06. The normalized spacial score (nSPS) is 10.7. The third-order valence-corrected chi connectivity index (χ3v) is 2.98. The highest BCUT2D eigenvalue weighted by molar-refractivity contribution is 5.96. The summed E-state index contributed by atoms with van der Waals surface area (Å²) in [5.41, 5.74) is 1.40. The summed E-state index contributed by atoms with van der Waals surface area (Å²) in [5.74, 6) is 1.40. The fraction of sp³-hybridized carbons (Fsp3) is 0.133. The van der Waals surface area contributed by atoms with Crippen LogP contribution in [-0.2, 0) is 6.42 Å². The molecule has 0 saturated carbocycles. The summed E-state index contributed by atoms with van der Waals surface area (Å²) in [6, 6.07) is 10.8. The van der Waals surface area contributed by atoms with E-state index in [4.69, 9.17) is 8.94 Å². The maximum atomic E-state index is 12.0. The fourth-order valence-corrected chi connectivity index (χ4v) is 1.92. The smallest absolute Gasteiger partial charge is 0.234 e. The van der Waals surface area contributed by atoms with Gasteiger partial charge in [-0.2, -0.15) is 4.98 Å². The van der Waals surface area contributed by atoms with Crippen LogP contribution in [0.25, 0.3) is 11.4 Å². The zero-order valence-electron chi connectivity index (χ0n) is 10.9. The van der Waals surface area contributed by atoms with E-state index in [0.29, 0.717) is 23.0 Å². The topological polar surface area (TPSA) is 69.1 Å². The lowest BCUT2D eigenvalue weighted by atomic mass is 10.1. The van der Waals surface area contributed by atoms with Gasteiger partial charge in [0.1, 0.15) is 5.76 Å². The zero-order valence-corrected chi connectivity index (χ0v) is 10.9. The monoisotopic (exact) mass is 268 g/mol. The highest BCUT2D eigenvalue weighted by atomic mass is 16.5. The number of aromatic nitrogens is 2. The van der Waals surface area contributed by atoms with Crippen molar-refractivity contribution in [3.8, 4) is 11.4 Å². The van der Waals surface area contributed by atoms with Crippen LogP contribution in [0.5, 0.6) is 0 Å². The van der Waals surface area contributed by atoms with Crippen LogP contribution in [0.15, 0.2) is 51.6 Å². The number of rotatable bonds is 4. The van der Waals surface area contributed by atoms with E-state index in [2.05, 4.69) is 10.1 Å². The van der Waals surface area contributed by atoms with Crippen molar-refractivity contribution in [3.05, 3.63) is 59.9 Å². The Labute approximate surface area is 115 Å². The average Bonchev–Trinajstić information content (AvgIpc) is 3.08. The van der Waals surface area contributed by atoms with Crippen LogP contribution in [0, 0.1) is 6.92 Å². The second-order valence-corrected chi connectivity index (χ2v) is 4.37. The Morgan fingerprint density at radius 1 is 1.20 bits per heavy atom. The minimum atomic E-state index is -0.0512. The lowest BCUT2D eigenvalue weighted by molar-refractivity contribution is 0.0983. The molecule has 0 unspecified atom stereocenters. The van der Waals surface area contributed by atoms with E-state index >= 15 is 0 Å². The van der Waals surface area contributed by atoms with Crippen LogP contribution in [0.1, 0.15) is 22.0 Å². The van der Waals surface area contributed by atoms with Gasteiger partial charge in [0.25, 0.3) is 0 Å². The second-order valence-electron chi connectivity index (χ2n) is 4.37. The Bertz CT molecular complexity index is 728. The molecule has 0 N–H and O–H groups in total. The fourth-order valence-electron chi connectivity index (χ4n) is 1.92. The molecule has 2 aromatic heterocycles. The third-order valence-electron chi connectivity index (χ3n) is 2.98. The van der Waals surface area contributed by atoms with Gasteiger partial charge in [0.2, 0.25) is 11.7 Å². The van der Waals surface area contributed by atoms with E-state index in [9.17, 15) is 4.79 Å². The molecule has 1 aromatic carbocycles. The van der Waals surface area contributed by atoms with Crippen LogP contribution in [-0.4, -0.2) is 15.9 Å². The summed E-state index contributed by atoms with van der Waals surface area (Å²) >= 11 is 0. The van der Waals surface area contributed by atoms with Gasteiger partial charge in [-0.15, -0.1) is 0 Å². The third kappa shape index (κ3) is 2.38. The molecule has 0 amide bonds. The van der Waals surface area contributed by atoms with Gasteiger partial charge >= 0.3 is 0 Å². The number of carbonyl (C=O) groups is 1. The molecule has 2 heterocycles. The maximum Gasteiger partial charge on any atom is 0.234 e. The summed E-state index contributed by atoms with van der Waals surface area (Å²) in [7, 11) is 0. The first-order chi connectivity index (χ1) is 9.74. The van der Waals surface area contributed by atoms with Gasteiger partial charge in [-0.05, 0) is 13.0 Å². The Hall–Kier alpha value is -2.69. The van der Waals surface area contributed by atoms with Gasteiger partial charge in [-0.1, -0.05) is 35.5 Å². The Kier molecular flexibility index (Phi) is 3.16. The number of aryl methyl sites for hydroxylation is 1. The van der Waals surface area contributed by atoms with Crippen LogP contribution >= 0.6 is 0 Å². The van der Waals surface area contributed by atoms with Crippen LogP contribution in [0.2, 0.25) is 0 Å². The summed E-state index contributed by atoms with van der Waals surface area (Å²) in [6.45, 7) is 1.82. The lowest BCUT2D eigenvalue weighted by Crippen LogP contribution is -2.03. The summed E-state index contributed by atoms with van der Waals surface area (Å²) in [5, 5.41) is 3.87. The molecule has 0 aliphatic carbocycles. The van der Waals surface area contributed by atoms with Gasteiger partial charge < -0.3 is 8.94 Å². The van der Waals surface area contributed by atoms with Crippen molar-refractivity contribution in [2.45, 2.75) is 13.3 Å². The number of carbonyl (C=O) groups excluding carboxylic acids is 1. The Morgan fingerprint density at radius 3 is 2.70 bits per heavy atom. The molecule has 5 nitrogen and oxygen atoms in total. The molecule has 20 heavy (non-hydrogen) atoms. The number of furan rings is 1. The van der Waals surface area contributed by atoms with E-state index < -0.39 is 0 Å². The van der Waals surface area contributed by atoms with Crippen molar-refractivity contribution in [3.63, 3.8) is 0 Å². The first-order valence-electron chi connectivity index (χ1n) is 6.19. The molecule has 0 spiro atoms. The number of hydrogen-bond acceptors (Lipinski definition) is 5. The maximum absolute atomic E-state index is 12.0. The molecular weight excluding hydrogens is 256 g/mol. The molecule has 0 atom stereocenters. The molecule has 0 aliphatic rings. The molecule has 0 saturated heterocycles. The first kappa shape index (κ1) is 12.3. The van der Waals surface area contributed by atoms with E-state index in [1.807, 2.05) is 25.1 Å². The number of ketones is 1. The van der Waals surface area contributed by atoms with Gasteiger partial charge in [0.15, 0.2) is 5.78 Å². The molecule has 0 radical (unpaired) electrons. The standard InChI is InChI=1S/C15H12N2O3/c1-10-12(7-8-19-10)15-16-14(20-17-15)9-13(18)11-5-3-2-4-6-11/h2-8H,9H2,1H3. The summed E-state index contributed by atoms with van der Waals surface area (Å²) in [4.78, 5) is 16.3. The lowest BCUT2D eigenvalue weighted by Gasteiger charge is -1.96. The summed E-state index contributed by atoms with van der Waals surface area (Å²) in [6.07, 6.45) is 1.66. The molecule has 3 aromatic rings. The van der Waals surface area contributed by atoms with Crippen molar-refractivity contribution in [1.82, 2.24) is 10.1 Å². The van der Waals surface area contributed by atoms with E-state index in [1.165, 1.54) is 0 Å². The molecule has 0 aliphatic heterocycles. The van der Waals surface area contributed by atoms with Gasteiger partial charge in [-0.3, -0.25) is 4.79 Å². The van der Waals surface area contributed by atoms with E-state index in [1.54, 1.807) is 24.5 Å². The summed E-state index contributed by atoms with van der Waals surface area (Å²) < 4.78 is 10.3. The quantitative estimate of drug-likeness (QED) is 0.680. The minimum absolute atomic E-state index is 0.0512. The van der Waals surface area contributed by atoms with Crippen LogP contribution < -0.4 is 0 Å².